The fourth-order valence-corrected chi connectivity index (χ4v) is 3.24. The van der Waals surface area contributed by atoms with E-state index in [0.29, 0.717) is 11.3 Å². The fraction of sp³-hybridized carbons (Fsp3) is 0.158. The van der Waals surface area contributed by atoms with Crippen LogP contribution in [0.1, 0.15) is 16.7 Å². The van der Waals surface area contributed by atoms with E-state index >= 15 is 0 Å². The largest absolute Gasteiger partial charge is 0.489 e. The Labute approximate surface area is 154 Å². The van der Waals surface area contributed by atoms with E-state index in [1.165, 1.54) is 35.6 Å². The summed E-state index contributed by atoms with van der Waals surface area (Å²) < 4.78 is 80.8. The molecule has 0 atom stereocenters. The van der Waals surface area contributed by atoms with Gasteiger partial charge in [0.25, 0.3) is 0 Å². The Morgan fingerprint density at radius 2 is 1.26 bits per heavy atom. The maximum Gasteiger partial charge on any atom is 0.416 e. The first-order valence-corrected chi connectivity index (χ1v) is 8.56. The lowest BCUT2D eigenvalue weighted by atomic mass is 10.1. The summed E-state index contributed by atoms with van der Waals surface area (Å²) in [5, 5.41) is 1.79. The second-order valence-electron chi connectivity index (χ2n) is 5.71. The van der Waals surface area contributed by atoms with Crippen molar-refractivity contribution in [3.63, 3.8) is 0 Å². The molecule has 1 nitrogen and oxygen atoms in total. The Balaban J connectivity index is 1.64. The number of benzene rings is 2. The molecule has 0 spiro atoms. The lowest BCUT2D eigenvalue weighted by molar-refractivity contribution is -0.138. The van der Waals surface area contributed by atoms with E-state index in [1.54, 1.807) is 11.4 Å². The molecule has 0 saturated carbocycles. The maximum absolute atomic E-state index is 12.6. The average molecular weight is 402 g/mol. The van der Waals surface area contributed by atoms with Crippen molar-refractivity contribution in [3.8, 4) is 16.2 Å². The van der Waals surface area contributed by atoms with Crippen molar-refractivity contribution >= 4 is 11.3 Å². The zero-order valence-corrected chi connectivity index (χ0v) is 14.4. The summed E-state index contributed by atoms with van der Waals surface area (Å²) in [6.45, 7) is 0.141. The van der Waals surface area contributed by atoms with Gasteiger partial charge in [-0.15, -0.1) is 11.3 Å². The number of hydrogen-bond donors (Lipinski definition) is 0. The topological polar surface area (TPSA) is 9.23 Å². The fourth-order valence-electron chi connectivity index (χ4n) is 2.33. The van der Waals surface area contributed by atoms with E-state index in [-0.39, 0.29) is 6.61 Å². The summed E-state index contributed by atoms with van der Waals surface area (Å²) in [6, 6.07) is 11.0. The number of ether oxygens (including phenoxy) is 1. The predicted molar refractivity (Wildman–Crippen MR) is 90.5 cm³/mol. The minimum Gasteiger partial charge on any atom is -0.489 e. The van der Waals surface area contributed by atoms with Crippen molar-refractivity contribution in [3.05, 3.63) is 76.7 Å². The highest BCUT2D eigenvalue weighted by atomic mass is 32.1. The minimum atomic E-state index is -4.40. The molecule has 0 saturated heterocycles. The molecule has 1 heterocycles. The van der Waals surface area contributed by atoms with Crippen LogP contribution in [-0.2, 0) is 19.0 Å². The number of rotatable bonds is 4. The standard InChI is InChI=1S/C19H12F6OS/c20-18(21,22)14-3-1-13(2-4-14)17-9-12(11-27-17)10-26-16-7-5-15(6-8-16)19(23,24)25/h1-9,11H,10H2. The highest BCUT2D eigenvalue weighted by Crippen LogP contribution is 2.33. The van der Waals surface area contributed by atoms with Gasteiger partial charge >= 0.3 is 12.4 Å². The molecule has 0 bridgehead atoms. The lowest BCUT2D eigenvalue weighted by Gasteiger charge is -2.08. The van der Waals surface area contributed by atoms with Crippen LogP contribution in [0.5, 0.6) is 5.75 Å². The predicted octanol–water partition coefficient (Wildman–Crippen LogP) is 7.03. The summed E-state index contributed by atoms with van der Waals surface area (Å²) in [7, 11) is 0. The maximum atomic E-state index is 12.6. The van der Waals surface area contributed by atoms with Crippen molar-refractivity contribution in [2.24, 2.45) is 0 Å². The first-order chi connectivity index (χ1) is 12.6. The molecular formula is C19H12F6OS. The molecule has 2 aromatic carbocycles. The van der Waals surface area contributed by atoms with Crippen LogP contribution >= 0.6 is 11.3 Å². The van der Waals surface area contributed by atoms with Gasteiger partial charge in [0, 0.05) is 10.4 Å². The molecule has 0 aliphatic heterocycles. The first-order valence-electron chi connectivity index (χ1n) is 7.68. The molecule has 0 amide bonds. The van der Waals surface area contributed by atoms with Crippen molar-refractivity contribution in [2.75, 3.05) is 0 Å². The van der Waals surface area contributed by atoms with E-state index in [4.69, 9.17) is 4.74 Å². The number of thiophene rings is 1. The Morgan fingerprint density at radius 1 is 0.741 bits per heavy atom. The second kappa shape index (κ2) is 7.26. The molecule has 0 N–H and O–H groups in total. The SMILES string of the molecule is FC(F)(F)c1ccc(OCc2csc(-c3ccc(C(F)(F)F)cc3)c2)cc1. The zero-order chi connectivity index (χ0) is 19.7. The zero-order valence-electron chi connectivity index (χ0n) is 13.6. The summed E-state index contributed by atoms with van der Waals surface area (Å²) in [6.07, 6.45) is -8.78. The molecule has 0 aliphatic carbocycles. The van der Waals surface area contributed by atoms with Gasteiger partial charge in [-0.1, -0.05) is 12.1 Å². The van der Waals surface area contributed by atoms with Crippen LogP contribution in [0.4, 0.5) is 26.3 Å². The second-order valence-corrected chi connectivity index (χ2v) is 6.62. The van der Waals surface area contributed by atoms with Crippen LogP contribution < -0.4 is 4.74 Å². The summed E-state index contributed by atoms with van der Waals surface area (Å²) in [5.74, 6) is 0.297. The van der Waals surface area contributed by atoms with Gasteiger partial charge in [0.2, 0.25) is 0 Å². The van der Waals surface area contributed by atoms with Crippen LogP contribution in [0, 0.1) is 0 Å². The van der Waals surface area contributed by atoms with Gasteiger partial charge in [-0.25, -0.2) is 0 Å². The monoisotopic (exact) mass is 402 g/mol. The van der Waals surface area contributed by atoms with E-state index < -0.39 is 23.5 Å². The number of halogens is 6. The minimum absolute atomic E-state index is 0.141. The summed E-state index contributed by atoms with van der Waals surface area (Å²) in [5.41, 5.74) is -0.0489. The van der Waals surface area contributed by atoms with Gasteiger partial charge in [0.1, 0.15) is 12.4 Å². The first kappa shape index (κ1) is 19.3. The van der Waals surface area contributed by atoms with E-state index in [1.807, 2.05) is 0 Å². The molecule has 27 heavy (non-hydrogen) atoms. The molecule has 142 valence electrons. The molecule has 1 aromatic heterocycles. The molecular weight excluding hydrogens is 390 g/mol. The van der Waals surface area contributed by atoms with Gasteiger partial charge in [-0.3, -0.25) is 0 Å². The van der Waals surface area contributed by atoms with Crippen molar-refractivity contribution in [1.29, 1.82) is 0 Å². The Hall–Kier alpha value is -2.48. The quantitative estimate of drug-likeness (QED) is 0.426. The van der Waals surface area contributed by atoms with E-state index in [2.05, 4.69) is 0 Å². The molecule has 3 rings (SSSR count). The molecule has 3 aromatic rings. The highest BCUT2D eigenvalue weighted by Gasteiger charge is 2.30. The lowest BCUT2D eigenvalue weighted by Crippen LogP contribution is -2.04. The molecule has 0 unspecified atom stereocenters. The third-order valence-corrected chi connectivity index (χ3v) is 4.77. The summed E-state index contributed by atoms with van der Waals surface area (Å²) >= 11 is 1.35. The summed E-state index contributed by atoms with van der Waals surface area (Å²) in [4.78, 5) is 0.773. The van der Waals surface area contributed by atoms with Crippen LogP contribution in [0.25, 0.3) is 10.4 Å². The van der Waals surface area contributed by atoms with Crippen LogP contribution in [-0.4, -0.2) is 0 Å². The Kier molecular flexibility index (Phi) is 5.19. The molecule has 0 fully saturated rings. The normalized spacial score (nSPS) is 12.2. The van der Waals surface area contributed by atoms with Crippen LogP contribution in [0.2, 0.25) is 0 Å². The van der Waals surface area contributed by atoms with Crippen molar-refractivity contribution < 1.29 is 31.1 Å². The van der Waals surface area contributed by atoms with Gasteiger partial charge < -0.3 is 4.74 Å². The van der Waals surface area contributed by atoms with Gasteiger partial charge in [-0.2, -0.15) is 26.3 Å². The van der Waals surface area contributed by atoms with Crippen LogP contribution in [0.3, 0.4) is 0 Å². The van der Waals surface area contributed by atoms with E-state index in [9.17, 15) is 26.3 Å². The van der Waals surface area contributed by atoms with Crippen molar-refractivity contribution in [1.82, 2.24) is 0 Å². The van der Waals surface area contributed by atoms with E-state index in [0.717, 1.165) is 34.7 Å². The smallest absolute Gasteiger partial charge is 0.416 e. The number of hydrogen-bond acceptors (Lipinski definition) is 2. The van der Waals surface area contributed by atoms with Crippen LogP contribution in [0.15, 0.2) is 60.0 Å². The number of alkyl halides is 6. The third-order valence-electron chi connectivity index (χ3n) is 3.74. The third kappa shape index (κ3) is 4.82. The Morgan fingerprint density at radius 3 is 1.78 bits per heavy atom. The molecule has 8 heteroatoms. The van der Waals surface area contributed by atoms with Gasteiger partial charge in [-0.05, 0) is 53.4 Å². The molecule has 0 aliphatic rings. The van der Waals surface area contributed by atoms with Crippen molar-refractivity contribution in [2.45, 2.75) is 19.0 Å². The van der Waals surface area contributed by atoms with Gasteiger partial charge in [0.05, 0.1) is 11.1 Å². The highest BCUT2D eigenvalue weighted by molar-refractivity contribution is 7.13. The van der Waals surface area contributed by atoms with Gasteiger partial charge in [0.15, 0.2) is 0 Å². The Bertz CT molecular complexity index is 892. The molecule has 0 radical (unpaired) electrons. The average Bonchev–Trinajstić information content (AvgIpc) is 3.08.